The molecule has 0 saturated heterocycles. The molecular formula is C9H12ClNO4S. The lowest BCUT2D eigenvalue weighted by Crippen LogP contribution is -2.04. The minimum absolute atomic E-state index is 0.0498. The number of methoxy groups -OCH3 is 2. The Kier molecular flexibility index (Phi) is 3.98. The largest absolute Gasteiger partial charge is 0.495 e. The second-order valence-electron chi connectivity index (χ2n) is 2.95. The summed E-state index contributed by atoms with van der Waals surface area (Å²) in [7, 11) is 4.03. The van der Waals surface area contributed by atoms with Crippen molar-refractivity contribution in [3.05, 3.63) is 11.8 Å². The molecule has 0 atom stereocenters. The van der Waals surface area contributed by atoms with Crippen LogP contribution in [0.5, 0.6) is 11.6 Å². The summed E-state index contributed by atoms with van der Waals surface area (Å²) < 4.78 is 32.6. The highest BCUT2D eigenvalue weighted by molar-refractivity contribution is 8.13. The third-order valence-electron chi connectivity index (χ3n) is 1.98. The van der Waals surface area contributed by atoms with Crippen LogP contribution in [0.3, 0.4) is 0 Å². The number of aromatic nitrogens is 1. The maximum absolute atomic E-state index is 11.4. The minimum Gasteiger partial charge on any atom is -0.495 e. The first-order chi connectivity index (χ1) is 7.43. The highest BCUT2D eigenvalue weighted by Gasteiger charge is 2.24. The molecule has 0 saturated carbocycles. The Morgan fingerprint density at radius 3 is 2.38 bits per heavy atom. The number of ether oxygens (including phenoxy) is 2. The number of rotatable bonds is 4. The van der Waals surface area contributed by atoms with E-state index in [1.165, 1.54) is 20.3 Å². The average molecular weight is 266 g/mol. The summed E-state index contributed by atoms with van der Waals surface area (Å²) in [6.45, 7) is 1.89. The Morgan fingerprint density at radius 2 is 2.00 bits per heavy atom. The van der Waals surface area contributed by atoms with Gasteiger partial charge >= 0.3 is 0 Å². The first kappa shape index (κ1) is 13.1. The lowest BCUT2D eigenvalue weighted by molar-refractivity contribution is 0.360. The molecule has 90 valence electrons. The molecular weight excluding hydrogens is 254 g/mol. The predicted octanol–water partition coefficient (Wildman–Crippen LogP) is 1.59. The Morgan fingerprint density at radius 1 is 1.38 bits per heavy atom. The summed E-state index contributed by atoms with van der Waals surface area (Å²) >= 11 is 0. The first-order valence-electron chi connectivity index (χ1n) is 4.50. The summed E-state index contributed by atoms with van der Waals surface area (Å²) in [6.07, 6.45) is 0.634. The molecule has 1 aromatic rings. The second kappa shape index (κ2) is 4.88. The van der Waals surface area contributed by atoms with Crippen LogP contribution in [0.1, 0.15) is 12.6 Å². The zero-order valence-corrected chi connectivity index (χ0v) is 10.7. The molecule has 16 heavy (non-hydrogen) atoms. The minimum atomic E-state index is -3.95. The van der Waals surface area contributed by atoms with Crippen LogP contribution >= 0.6 is 10.7 Å². The van der Waals surface area contributed by atoms with Crippen molar-refractivity contribution in [1.82, 2.24) is 4.98 Å². The van der Waals surface area contributed by atoms with Gasteiger partial charge in [-0.15, -0.1) is 0 Å². The van der Waals surface area contributed by atoms with Crippen molar-refractivity contribution >= 4 is 19.7 Å². The van der Waals surface area contributed by atoms with E-state index in [0.717, 1.165) is 0 Å². The summed E-state index contributed by atoms with van der Waals surface area (Å²) in [6, 6.07) is 1.53. The van der Waals surface area contributed by atoms with Crippen molar-refractivity contribution in [2.75, 3.05) is 14.2 Å². The van der Waals surface area contributed by atoms with Crippen LogP contribution in [0.2, 0.25) is 0 Å². The van der Waals surface area contributed by atoms with Gasteiger partial charge in [-0.3, -0.25) is 0 Å². The smallest absolute Gasteiger partial charge is 0.270 e. The van der Waals surface area contributed by atoms with Crippen LogP contribution in [0.25, 0.3) is 0 Å². The number of halogens is 1. The molecule has 1 aromatic heterocycles. The summed E-state index contributed by atoms with van der Waals surface area (Å²) in [5, 5.41) is 0. The maximum Gasteiger partial charge on any atom is 0.270 e. The normalized spacial score (nSPS) is 11.2. The SMILES string of the molecule is CCc1cc(OC)c(S(=O)(=O)Cl)c(OC)n1. The van der Waals surface area contributed by atoms with Crippen molar-refractivity contribution in [3.63, 3.8) is 0 Å². The fourth-order valence-corrected chi connectivity index (χ4v) is 2.38. The molecule has 0 aliphatic heterocycles. The topological polar surface area (TPSA) is 65.5 Å². The molecule has 1 rings (SSSR count). The van der Waals surface area contributed by atoms with Gasteiger partial charge in [-0.1, -0.05) is 6.92 Å². The van der Waals surface area contributed by atoms with E-state index < -0.39 is 9.05 Å². The van der Waals surface area contributed by atoms with E-state index in [2.05, 4.69) is 4.98 Å². The van der Waals surface area contributed by atoms with Crippen LogP contribution in [0.4, 0.5) is 0 Å². The van der Waals surface area contributed by atoms with E-state index in [1.54, 1.807) is 0 Å². The van der Waals surface area contributed by atoms with Crippen molar-refractivity contribution in [1.29, 1.82) is 0 Å². The van der Waals surface area contributed by atoms with E-state index >= 15 is 0 Å². The first-order valence-corrected chi connectivity index (χ1v) is 6.81. The number of nitrogens with zero attached hydrogens (tertiary/aromatic N) is 1. The van der Waals surface area contributed by atoms with Crippen molar-refractivity contribution < 1.29 is 17.9 Å². The van der Waals surface area contributed by atoms with Crippen molar-refractivity contribution in [3.8, 4) is 11.6 Å². The molecule has 0 spiro atoms. The molecule has 0 N–H and O–H groups in total. The number of hydrogen-bond acceptors (Lipinski definition) is 5. The molecule has 0 aromatic carbocycles. The van der Waals surface area contributed by atoms with Crippen LogP contribution in [0, 0.1) is 0 Å². The van der Waals surface area contributed by atoms with Gasteiger partial charge in [-0.05, 0) is 6.42 Å². The maximum atomic E-state index is 11.4. The Labute approximate surface area is 98.8 Å². The molecule has 7 heteroatoms. The van der Waals surface area contributed by atoms with E-state index in [4.69, 9.17) is 20.2 Å². The summed E-state index contributed by atoms with van der Waals surface area (Å²) in [5.74, 6) is 0.0879. The summed E-state index contributed by atoms with van der Waals surface area (Å²) in [4.78, 5) is 3.78. The standard InChI is InChI=1S/C9H12ClNO4S/c1-4-6-5-7(14-2)8(16(10,12)13)9(11-6)15-3/h5H,4H2,1-3H3. The molecule has 0 radical (unpaired) electrons. The number of aryl methyl sites for hydroxylation is 1. The highest BCUT2D eigenvalue weighted by atomic mass is 35.7. The van der Waals surface area contributed by atoms with Gasteiger partial charge in [-0.25, -0.2) is 13.4 Å². The Hall–Kier alpha value is -1.01. The number of hydrogen-bond donors (Lipinski definition) is 0. The van der Waals surface area contributed by atoms with Gasteiger partial charge in [0.1, 0.15) is 5.75 Å². The second-order valence-corrected chi connectivity index (χ2v) is 5.45. The molecule has 1 heterocycles. The fraction of sp³-hybridized carbons (Fsp3) is 0.444. The third kappa shape index (κ3) is 2.56. The van der Waals surface area contributed by atoms with E-state index in [1.807, 2.05) is 6.92 Å². The quantitative estimate of drug-likeness (QED) is 0.774. The van der Waals surface area contributed by atoms with Gasteiger partial charge in [-0.2, -0.15) is 0 Å². The zero-order valence-electron chi connectivity index (χ0n) is 9.15. The molecule has 0 aliphatic rings. The van der Waals surface area contributed by atoms with E-state index in [9.17, 15) is 8.42 Å². The van der Waals surface area contributed by atoms with E-state index in [-0.39, 0.29) is 16.5 Å². The van der Waals surface area contributed by atoms with Crippen LogP contribution in [0.15, 0.2) is 11.0 Å². The predicted molar refractivity (Wildman–Crippen MR) is 59.8 cm³/mol. The van der Waals surface area contributed by atoms with Gasteiger partial charge < -0.3 is 9.47 Å². The molecule has 5 nitrogen and oxygen atoms in total. The van der Waals surface area contributed by atoms with Crippen LogP contribution in [-0.4, -0.2) is 27.6 Å². The van der Waals surface area contributed by atoms with Gasteiger partial charge in [0.2, 0.25) is 5.88 Å². The molecule has 0 fully saturated rings. The molecule has 0 amide bonds. The van der Waals surface area contributed by atoms with Gasteiger partial charge in [0.05, 0.1) is 14.2 Å². The van der Waals surface area contributed by atoms with Gasteiger partial charge in [0.15, 0.2) is 4.90 Å². The van der Waals surface area contributed by atoms with Gasteiger partial charge in [0, 0.05) is 22.4 Å². The van der Waals surface area contributed by atoms with Gasteiger partial charge in [0.25, 0.3) is 9.05 Å². The lowest BCUT2D eigenvalue weighted by atomic mass is 10.3. The lowest BCUT2D eigenvalue weighted by Gasteiger charge is -2.11. The van der Waals surface area contributed by atoms with Crippen LogP contribution in [-0.2, 0) is 15.5 Å². The molecule has 0 unspecified atom stereocenters. The zero-order chi connectivity index (χ0) is 12.3. The molecule has 0 bridgehead atoms. The number of pyridine rings is 1. The monoisotopic (exact) mass is 265 g/mol. The van der Waals surface area contributed by atoms with Crippen molar-refractivity contribution in [2.24, 2.45) is 0 Å². The third-order valence-corrected chi connectivity index (χ3v) is 3.31. The molecule has 0 aliphatic carbocycles. The van der Waals surface area contributed by atoms with Crippen molar-refractivity contribution in [2.45, 2.75) is 18.2 Å². The Bertz CT molecular complexity index is 461. The van der Waals surface area contributed by atoms with Crippen LogP contribution < -0.4 is 9.47 Å². The fourth-order valence-electron chi connectivity index (χ4n) is 1.23. The average Bonchev–Trinajstić information content (AvgIpc) is 2.25. The summed E-state index contributed by atoms with van der Waals surface area (Å²) in [5.41, 5.74) is 0.665. The van der Waals surface area contributed by atoms with E-state index in [0.29, 0.717) is 12.1 Å². The highest BCUT2D eigenvalue weighted by Crippen LogP contribution is 2.34. The Balaban J connectivity index is 3.57.